The zero-order valence-electron chi connectivity index (χ0n) is 12.8. The van der Waals surface area contributed by atoms with Gasteiger partial charge >= 0.3 is 5.97 Å². The Kier molecular flexibility index (Phi) is 5.52. The fourth-order valence-corrected chi connectivity index (χ4v) is 3.38. The molecule has 120 valence electrons. The van der Waals surface area contributed by atoms with Gasteiger partial charge < -0.3 is 9.63 Å². The van der Waals surface area contributed by atoms with Crippen molar-refractivity contribution in [2.75, 3.05) is 6.54 Å². The third-order valence-electron chi connectivity index (χ3n) is 3.35. The first-order valence-corrected chi connectivity index (χ1v) is 8.18. The molecule has 1 rings (SSSR count). The van der Waals surface area contributed by atoms with Crippen LogP contribution in [0, 0.1) is 19.3 Å². The minimum absolute atomic E-state index is 0.0730. The van der Waals surface area contributed by atoms with Crippen molar-refractivity contribution in [3.8, 4) is 0 Å². The normalized spacial score (nSPS) is 12.6. The summed E-state index contributed by atoms with van der Waals surface area (Å²) in [6.45, 7) is 7.19. The average Bonchev–Trinajstić information content (AvgIpc) is 2.66. The Morgan fingerprint density at radius 2 is 1.95 bits per heavy atom. The first-order valence-electron chi connectivity index (χ1n) is 6.69. The Bertz CT molecular complexity index is 585. The molecule has 2 N–H and O–H groups in total. The fraction of sp³-hybridized carbons (Fsp3) is 0.692. The summed E-state index contributed by atoms with van der Waals surface area (Å²) in [6.07, 6.45) is 1.11. The topological polar surface area (TPSA) is 110 Å². The summed E-state index contributed by atoms with van der Waals surface area (Å²) in [5.74, 6) is -0.593. The van der Waals surface area contributed by atoms with Crippen LogP contribution in [0.3, 0.4) is 0 Å². The van der Waals surface area contributed by atoms with E-state index in [1.54, 1.807) is 13.8 Å². The number of aliphatic carboxylic acids is 1. The largest absolute Gasteiger partial charge is 0.481 e. The molecule has 1 aromatic rings. The van der Waals surface area contributed by atoms with Crippen molar-refractivity contribution >= 4 is 16.0 Å². The highest BCUT2D eigenvalue weighted by Gasteiger charge is 2.25. The van der Waals surface area contributed by atoms with Crippen molar-refractivity contribution in [1.82, 2.24) is 9.88 Å². The van der Waals surface area contributed by atoms with Gasteiger partial charge in [-0.15, -0.1) is 0 Å². The van der Waals surface area contributed by atoms with Gasteiger partial charge in [-0.2, -0.15) is 0 Å². The minimum atomic E-state index is -3.65. The number of aromatic nitrogens is 1. The third kappa shape index (κ3) is 5.13. The number of sulfonamides is 1. The lowest BCUT2D eigenvalue weighted by molar-refractivity contribution is -0.137. The summed E-state index contributed by atoms with van der Waals surface area (Å²) in [7, 11) is -3.65. The third-order valence-corrected chi connectivity index (χ3v) is 5.05. The molecular formula is C13H22N2O5S. The zero-order chi connectivity index (χ0) is 16.3. The van der Waals surface area contributed by atoms with E-state index in [1.165, 1.54) is 0 Å². The highest BCUT2D eigenvalue weighted by Crippen LogP contribution is 2.26. The van der Waals surface area contributed by atoms with Crippen molar-refractivity contribution in [3.63, 3.8) is 0 Å². The van der Waals surface area contributed by atoms with Gasteiger partial charge in [-0.05, 0) is 32.1 Å². The van der Waals surface area contributed by atoms with Gasteiger partial charge in [0.05, 0.1) is 0 Å². The molecule has 0 aliphatic carbocycles. The molecule has 0 fully saturated rings. The van der Waals surface area contributed by atoms with Crippen LogP contribution in [0.4, 0.5) is 0 Å². The minimum Gasteiger partial charge on any atom is -0.481 e. The van der Waals surface area contributed by atoms with E-state index in [1.807, 2.05) is 13.8 Å². The van der Waals surface area contributed by atoms with Crippen molar-refractivity contribution in [1.29, 1.82) is 0 Å². The van der Waals surface area contributed by atoms with E-state index in [4.69, 9.17) is 9.63 Å². The quantitative estimate of drug-likeness (QED) is 0.757. The number of carboxylic acid groups (broad SMARTS) is 1. The van der Waals surface area contributed by atoms with E-state index >= 15 is 0 Å². The maximum absolute atomic E-state index is 12.2. The summed E-state index contributed by atoms with van der Waals surface area (Å²) in [5.41, 5.74) is 0.0738. The maximum atomic E-state index is 12.2. The van der Waals surface area contributed by atoms with Gasteiger partial charge in [-0.1, -0.05) is 19.0 Å². The number of carbonyl (C=O) groups is 1. The summed E-state index contributed by atoms with van der Waals surface area (Å²) >= 11 is 0. The number of nitrogens with zero attached hydrogens (tertiary/aromatic N) is 1. The van der Waals surface area contributed by atoms with Crippen molar-refractivity contribution < 1.29 is 22.8 Å². The predicted octanol–water partition coefficient (Wildman–Crippen LogP) is 1.85. The van der Waals surface area contributed by atoms with Crippen molar-refractivity contribution in [2.45, 2.75) is 51.9 Å². The molecule has 7 nitrogen and oxygen atoms in total. The molecule has 0 aliphatic heterocycles. The lowest BCUT2D eigenvalue weighted by Gasteiger charge is -2.23. The molecule has 1 heterocycles. The fourth-order valence-electron chi connectivity index (χ4n) is 2.02. The number of hydrogen-bond acceptors (Lipinski definition) is 5. The smallest absolute Gasteiger partial charge is 0.303 e. The van der Waals surface area contributed by atoms with Crippen LogP contribution in [0.15, 0.2) is 9.42 Å². The van der Waals surface area contributed by atoms with Gasteiger partial charge in [0.2, 0.25) is 10.0 Å². The molecule has 0 unspecified atom stereocenters. The molecule has 21 heavy (non-hydrogen) atoms. The van der Waals surface area contributed by atoms with Crippen LogP contribution in [0.5, 0.6) is 0 Å². The Morgan fingerprint density at radius 3 is 2.43 bits per heavy atom. The molecule has 0 spiro atoms. The highest BCUT2D eigenvalue weighted by atomic mass is 32.2. The van der Waals surface area contributed by atoms with Crippen molar-refractivity contribution in [2.24, 2.45) is 5.41 Å². The number of hydrogen-bond donors (Lipinski definition) is 2. The molecule has 0 atom stereocenters. The lowest BCUT2D eigenvalue weighted by Crippen LogP contribution is -2.29. The second-order valence-electron chi connectivity index (χ2n) is 5.86. The maximum Gasteiger partial charge on any atom is 0.303 e. The Morgan fingerprint density at radius 1 is 1.33 bits per heavy atom. The Balaban J connectivity index is 2.61. The van der Waals surface area contributed by atoms with Gasteiger partial charge in [-0.3, -0.25) is 4.79 Å². The summed E-state index contributed by atoms with van der Waals surface area (Å²) in [5, 5.41) is 12.3. The zero-order valence-corrected chi connectivity index (χ0v) is 13.6. The first-order chi connectivity index (χ1) is 9.55. The molecule has 0 radical (unpaired) electrons. The van der Waals surface area contributed by atoms with Gasteiger partial charge in [0.1, 0.15) is 10.6 Å². The van der Waals surface area contributed by atoms with Crippen LogP contribution < -0.4 is 4.72 Å². The monoisotopic (exact) mass is 318 g/mol. The van der Waals surface area contributed by atoms with Crippen LogP contribution >= 0.6 is 0 Å². The molecule has 1 aromatic heterocycles. The van der Waals surface area contributed by atoms with Crippen LogP contribution in [-0.4, -0.2) is 31.2 Å². The predicted molar refractivity (Wildman–Crippen MR) is 76.4 cm³/mol. The number of nitrogens with one attached hydrogen (secondary N) is 1. The van der Waals surface area contributed by atoms with Crippen LogP contribution in [0.2, 0.25) is 0 Å². The highest BCUT2D eigenvalue weighted by molar-refractivity contribution is 7.89. The van der Waals surface area contributed by atoms with Crippen LogP contribution in [-0.2, 0) is 14.8 Å². The molecule has 0 bridgehead atoms. The average molecular weight is 318 g/mol. The molecule has 0 aromatic carbocycles. The van der Waals surface area contributed by atoms with E-state index < -0.39 is 16.0 Å². The van der Waals surface area contributed by atoms with Crippen LogP contribution in [0.1, 0.15) is 44.6 Å². The van der Waals surface area contributed by atoms with Gasteiger partial charge in [0.15, 0.2) is 5.76 Å². The van der Waals surface area contributed by atoms with Crippen molar-refractivity contribution in [3.05, 3.63) is 11.5 Å². The molecule has 8 heteroatoms. The SMILES string of the molecule is Cc1noc(C)c1S(=O)(=O)NCCC(C)(C)CCC(=O)O. The van der Waals surface area contributed by atoms with Gasteiger partial charge in [0, 0.05) is 13.0 Å². The lowest BCUT2D eigenvalue weighted by atomic mass is 9.84. The second kappa shape index (κ2) is 6.57. The number of carboxylic acids is 1. The number of rotatable bonds is 8. The van der Waals surface area contributed by atoms with E-state index in [9.17, 15) is 13.2 Å². The van der Waals surface area contributed by atoms with Crippen LogP contribution in [0.25, 0.3) is 0 Å². The second-order valence-corrected chi connectivity index (χ2v) is 7.56. The van der Waals surface area contributed by atoms with E-state index in [2.05, 4.69) is 9.88 Å². The Labute approximate surface area is 124 Å². The molecule has 0 saturated heterocycles. The molecule has 0 amide bonds. The molecule has 0 aliphatic rings. The summed E-state index contributed by atoms with van der Waals surface area (Å²) < 4.78 is 31.7. The Hall–Kier alpha value is -1.41. The van der Waals surface area contributed by atoms with Gasteiger partial charge in [0.25, 0.3) is 0 Å². The number of aryl methyl sites for hydroxylation is 2. The first kappa shape index (κ1) is 17.6. The summed E-state index contributed by atoms with van der Waals surface area (Å²) in [6, 6.07) is 0. The molecular weight excluding hydrogens is 296 g/mol. The summed E-state index contributed by atoms with van der Waals surface area (Å²) in [4.78, 5) is 10.7. The molecule has 0 saturated carbocycles. The van der Waals surface area contributed by atoms with E-state index in [0.29, 0.717) is 18.5 Å². The standard InChI is InChI=1S/C13H22N2O5S/c1-9-12(10(2)20-15-9)21(18,19)14-8-7-13(3,4)6-5-11(16)17/h14H,5-8H2,1-4H3,(H,16,17). The van der Waals surface area contributed by atoms with E-state index in [-0.39, 0.29) is 29.0 Å². The van der Waals surface area contributed by atoms with E-state index in [0.717, 1.165) is 0 Å². The van der Waals surface area contributed by atoms with Gasteiger partial charge in [-0.25, -0.2) is 13.1 Å².